The SMILES string of the molecule is COCCn1cc[n+](CCCCC(=O)O)c1. The van der Waals surface area contributed by atoms with Gasteiger partial charge in [-0.1, -0.05) is 0 Å². The average molecular weight is 227 g/mol. The molecule has 0 saturated heterocycles. The Morgan fingerprint density at radius 2 is 2.31 bits per heavy atom. The largest absolute Gasteiger partial charge is 0.481 e. The van der Waals surface area contributed by atoms with Crippen LogP contribution in [-0.4, -0.2) is 29.4 Å². The molecule has 0 aromatic carbocycles. The number of methoxy groups -OCH3 is 1. The van der Waals surface area contributed by atoms with E-state index in [0.717, 1.165) is 25.9 Å². The zero-order valence-electron chi connectivity index (χ0n) is 9.63. The zero-order chi connectivity index (χ0) is 11.8. The fourth-order valence-electron chi connectivity index (χ4n) is 1.47. The second kappa shape index (κ2) is 7.00. The number of unbranched alkanes of at least 4 members (excludes halogenated alkanes) is 1. The molecule has 16 heavy (non-hydrogen) atoms. The van der Waals surface area contributed by atoms with Gasteiger partial charge in [0, 0.05) is 13.5 Å². The number of rotatable bonds is 8. The minimum Gasteiger partial charge on any atom is -0.481 e. The van der Waals surface area contributed by atoms with Crippen molar-refractivity contribution >= 4 is 5.97 Å². The Balaban J connectivity index is 2.21. The van der Waals surface area contributed by atoms with Gasteiger partial charge in [-0.25, -0.2) is 9.13 Å². The van der Waals surface area contributed by atoms with Crippen LogP contribution in [0.3, 0.4) is 0 Å². The number of aliphatic carboxylic acids is 1. The van der Waals surface area contributed by atoms with Crippen LogP contribution in [0, 0.1) is 0 Å². The summed E-state index contributed by atoms with van der Waals surface area (Å²) >= 11 is 0. The maximum atomic E-state index is 10.3. The minimum absolute atomic E-state index is 0.255. The average Bonchev–Trinajstić information content (AvgIpc) is 2.69. The van der Waals surface area contributed by atoms with Gasteiger partial charge in [-0.3, -0.25) is 4.79 Å². The molecule has 0 unspecified atom stereocenters. The summed E-state index contributed by atoms with van der Waals surface area (Å²) in [7, 11) is 1.68. The van der Waals surface area contributed by atoms with Crippen molar-refractivity contribution in [3.8, 4) is 0 Å². The Morgan fingerprint density at radius 3 is 3.00 bits per heavy atom. The molecule has 0 aliphatic carbocycles. The second-order valence-corrected chi connectivity index (χ2v) is 3.73. The van der Waals surface area contributed by atoms with E-state index in [9.17, 15) is 4.79 Å². The van der Waals surface area contributed by atoms with E-state index in [0.29, 0.717) is 6.61 Å². The number of carbonyl (C=O) groups is 1. The zero-order valence-corrected chi connectivity index (χ0v) is 9.63. The Bertz CT molecular complexity index is 323. The second-order valence-electron chi connectivity index (χ2n) is 3.73. The van der Waals surface area contributed by atoms with Gasteiger partial charge in [-0.15, -0.1) is 0 Å². The molecule has 0 aliphatic heterocycles. The van der Waals surface area contributed by atoms with Crippen molar-refractivity contribution < 1.29 is 19.2 Å². The predicted octanol–water partition coefficient (Wildman–Crippen LogP) is 0.677. The number of imidazole rings is 1. The van der Waals surface area contributed by atoms with Crippen molar-refractivity contribution in [2.45, 2.75) is 32.4 Å². The van der Waals surface area contributed by atoms with Crippen molar-refractivity contribution in [3.63, 3.8) is 0 Å². The highest BCUT2D eigenvalue weighted by Crippen LogP contribution is 1.95. The molecule has 0 saturated carbocycles. The molecule has 1 N–H and O–H groups in total. The summed E-state index contributed by atoms with van der Waals surface area (Å²) in [5.74, 6) is -0.720. The number of aromatic nitrogens is 2. The van der Waals surface area contributed by atoms with Gasteiger partial charge in [0.15, 0.2) is 0 Å². The van der Waals surface area contributed by atoms with Gasteiger partial charge in [0.1, 0.15) is 18.9 Å². The van der Waals surface area contributed by atoms with E-state index in [1.165, 1.54) is 0 Å². The molecule has 5 heteroatoms. The van der Waals surface area contributed by atoms with Crippen LogP contribution >= 0.6 is 0 Å². The summed E-state index contributed by atoms with van der Waals surface area (Å²) in [6.07, 6.45) is 7.88. The first-order valence-corrected chi connectivity index (χ1v) is 5.48. The van der Waals surface area contributed by atoms with Gasteiger partial charge in [0.25, 0.3) is 0 Å². The van der Waals surface area contributed by atoms with Crippen molar-refractivity contribution in [1.29, 1.82) is 0 Å². The van der Waals surface area contributed by atoms with Crippen LogP contribution in [0.15, 0.2) is 18.7 Å². The van der Waals surface area contributed by atoms with Crippen LogP contribution in [0.1, 0.15) is 19.3 Å². The summed E-state index contributed by atoms with van der Waals surface area (Å²) in [6.45, 7) is 2.42. The fraction of sp³-hybridized carbons (Fsp3) is 0.636. The van der Waals surface area contributed by atoms with E-state index < -0.39 is 5.97 Å². The number of carboxylic acids is 1. The summed E-state index contributed by atoms with van der Waals surface area (Å²) in [4.78, 5) is 10.3. The third kappa shape index (κ3) is 4.93. The Hall–Kier alpha value is -1.36. The molecule has 0 aliphatic rings. The van der Waals surface area contributed by atoms with Crippen LogP contribution in [0.5, 0.6) is 0 Å². The molecule has 0 bridgehead atoms. The normalized spacial score (nSPS) is 10.6. The number of aryl methyl sites for hydroxylation is 1. The summed E-state index contributed by atoms with van der Waals surface area (Å²) < 4.78 is 9.11. The van der Waals surface area contributed by atoms with Gasteiger partial charge in [-0.2, -0.15) is 0 Å². The Kier molecular flexibility index (Phi) is 5.56. The molecular formula is C11H19N2O3+. The molecule has 0 amide bonds. The van der Waals surface area contributed by atoms with Gasteiger partial charge in [0.05, 0.1) is 13.2 Å². The number of nitrogens with zero attached hydrogens (tertiary/aromatic N) is 2. The highest BCUT2D eigenvalue weighted by molar-refractivity contribution is 5.66. The smallest absolute Gasteiger partial charge is 0.303 e. The monoisotopic (exact) mass is 227 g/mol. The van der Waals surface area contributed by atoms with Crippen LogP contribution in [0.4, 0.5) is 0 Å². The molecule has 90 valence electrons. The summed E-state index contributed by atoms with van der Waals surface area (Å²) in [5.41, 5.74) is 0. The van der Waals surface area contributed by atoms with Gasteiger partial charge in [-0.05, 0) is 12.8 Å². The van der Waals surface area contributed by atoms with Crippen molar-refractivity contribution in [2.75, 3.05) is 13.7 Å². The van der Waals surface area contributed by atoms with E-state index in [1.807, 2.05) is 18.7 Å². The highest BCUT2D eigenvalue weighted by atomic mass is 16.5. The maximum absolute atomic E-state index is 10.3. The predicted molar refractivity (Wildman–Crippen MR) is 58.0 cm³/mol. The number of ether oxygens (including phenoxy) is 1. The number of carboxylic acid groups (broad SMARTS) is 1. The molecular weight excluding hydrogens is 208 g/mol. The Labute approximate surface area is 95.3 Å². The van der Waals surface area contributed by atoms with E-state index in [-0.39, 0.29) is 6.42 Å². The lowest BCUT2D eigenvalue weighted by Gasteiger charge is -1.96. The van der Waals surface area contributed by atoms with E-state index in [4.69, 9.17) is 9.84 Å². The van der Waals surface area contributed by atoms with E-state index >= 15 is 0 Å². The quantitative estimate of drug-likeness (QED) is 0.525. The van der Waals surface area contributed by atoms with Crippen molar-refractivity contribution in [2.24, 2.45) is 0 Å². The van der Waals surface area contributed by atoms with Crippen molar-refractivity contribution in [3.05, 3.63) is 18.7 Å². The molecule has 0 radical (unpaired) electrons. The third-order valence-electron chi connectivity index (χ3n) is 2.36. The van der Waals surface area contributed by atoms with Gasteiger partial charge >= 0.3 is 5.97 Å². The summed E-state index contributed by atoms with van der Waals surface area (Å²) in [6, 6.07) is 0. The topological polar surface area (TPSA) is 55.3 Å². The minimum atomic E-state index is -0.720. The molecule has 1 rings (SSSR count). The highest BCUT2D eigenvalue weighted by Gasteiger charge is 2.03. The molecule has 0 atom stereocenters. The Morgan fingerprint density at radius 1 is 1.50 bits per heavy atom. The first-order chi connectivity index (χ1) is 7.72. The summed E-state index contributed by atoms with van der Waals surface area (Å²) in [5, 5.41) is 8.49. The van der Waals surface area contributed by atoms with E-state index in [1.54, 1.807) is 7.11 Å². The standard InChI is InChI=1S/C11H18N2O3/c1-16-9-8-13-7-6-12(10-13)5-3-2-4-11(14)15/h6-7,10H,2-5,8-9H2,1H3/p+1. The van der Waals surface area contributed by atoms with Crippen LogP contribution in [0.2, 0.25) is 0 Å². The van der Waals surface area contributed by atoms with E-state index in [2.05, 4.69) is 9.13 Å². The number of hydrogen-bond acceptors (Lipinski definition) is 2. The fourth-order valence-corrected chi connectivity index (χ4v) is 1.47. The van der Waals surface area contributed by atoms with Crippen LogP contribution in [-0.2, 0) is 22.6 Å². The maximum Gasteiger partial charge on any atom is 0.303 e. The third-order valence-corrected chi connectivity index (χ3v) is 2.36. The van der Waals surface area contributed by atoms with Crippen molar-refractivity contribution in [1.82, 2.24) is 4.57 Å². The first-order valence-electron chi connectivity index (χ1n) is 5.48. The molecule has 1 aromatic heterocycles. The molecule has 1 heterocycles. The lowest BCUT2D eigenvalue weighted by Crippen LogP contribution is -2.31. The number of hydrogen-bond donors (Lipinski definition) is 1. The molecule has 1 aromatic rings. The lowest BCUT2D eigenvalue weighted by molar-refractivity contribution is -0.696. The van der Waals surface area contributed by atoms with Crippen LogP contribution in [0.25, 0.3) is 0 Å². The molecule has 0 spiro atoms. The molecule has 5 nitrogen and oxygen atoms in total. The lowest BCUT2D eigenvalue weighted by atomic mass is 10.2. The van der Waals surface area contributed by atoms with Gasteiger partial charge in [0.2, 0.25) is 6.33 Å². The first kappa shape index (κ1) is 12.7. The van der Waals surface area contributed by atoms with Crippen LogP contribution < -0.4 is 4.57 Å². The van der Waals surface area contributed by atoms with Gasteiger partial charge < -0.3 is 9.84 Å². The molecule has 0 fully saturated rings.